The summed E-state index contributed by atoms with van der Waals surface area (Å²) < 4.78 is 10.3. The first-order chi connectivity index (χ1) is 8.89. The van der Waals surface area contributed by atoms with E-state index in [1.54, 1.807) is 0 Å². The second-order valence-corrected chi connectivity index (χ2v) is 4.69. The number of hydrogen-bond donors (Lipinski definition) is 2. The number of carbonyl (C=O) groups is 1. The van der Waals surface area contributed by atoms with Crippen molar-refractivity contribution >= 4 is 17.5 Å². The Balaban J connectivity index is 2.86. The zero-order valence-electron chi connectivity index (χ0n) is 11.8. The number of hydrogen-bond acceptors (Lipinski definition) is 6. The summed E-state index contributed by atoms with van der Waals surface area (Å²) in [5.41, 5.74) is 6.18. The molecule has 6 nitrogen and oxygen atoms in total. The lowest BCUT2D eigenvalue weighted by Gasteiger charge is -2.25. The lowest BCUT2D eigenvalue weighted by molar-refractivity contribution is 0.000652. The van der Waals surface area contributed by atoms with Crippen LogP contribution in [0.15, 0.2) is 12.3 Å². The molecule has 0 saturated heterocycles. The molecule has 106 valence electrons. The first kappa shape index (κ1) is 15.2. The predicted molar refractivity (Wildman–Crippen MR) is 74.2 cm³/mol. The number of rotatable bonds is 6. The van der Waals surface area contributed by atoms with Crippen LogP contribution in [0.2, 0.25) is 0 Å². The van der Waals surface area contributed by atoms with Crippen molar-refractivity contribution in [3.63, 3.8) is 0 Å². The number of methoxy groups -OCH3 is 1. The minimum atomic E-state index is -0.453. The smallest absolute Gasteiger partial charge is 0.340 e. The molecule has 0 amide bonds. The maximum Gasteiger partial charge on any atom is 0.340 e. The molecule has 0 saturated carbocycles. The van der Waals surface area contributed by atoms with Crippen molar-refractivity contribution in [1.82, 2.24) is 4.98 Å². The summed E-state index contributed by atoms with van der Waals surface area (Å²) in [4.78, 5) is 15.6. The number of anilines is 2. The van der Waals surface area contributed by atoms with Gasteiger partial charge in [0.1, 0.15) is 5.82 Å². The monoisotopic (exact) mass is 267 g/mol. The first-order valence-corrected chi connectivity index (χ1v) is 6.11. The van der Waals surface area contributed by atoms with Crippen molar-refractivity contribution in [3.05, 3.63) is 17.8 Å². The highest BCUT2D eigenvalue weighted by molar-refractivity contribution is 5.96. The number of nitrogens with zero attached hydrogens (tertiary/aromatic N) is 1. The average molecular weight is 267 g/mol. The van der Waals surface area contributed by atoms with Crippen molar-refractivity contribution in [2.24, 2.45) is 0 Å². The van der Waals surface area contributed by atoms with Crippen LogP contribution in [0.4, 0.5) is 11.5 Å². The average Bonchev–Trinajstić information content (AvgIpc) is 2.36. The van der Waals surface area contributed by atoms with Crippen molar-refractivity contribution in [3.8, 4) is 0 Å². The van der Waals surface area contributed by atoms with Crippen molar-refractivity contribution < 1.29 is 14.3 Å². The van der Waals surface area contributed by atoms with Gasteiger partial charge in [-0.3, -0.25) is 0 Å². The van der Waals surface area contributed by atoms with Gasteiger partial charge in [-0.15, -0.1) is 0 Å². The molecule has 0 aromatic carbocycles. The van der Waals surface area contributed by atoms with Crippen LogP contribution in [0.3, 0.4) is 0 Å². The van der Waals surface area contributed by atoms with E-state index in [2.05, 4.69) is 10.3 Å². The second kappa shape index (κ2) is 6.38. The zero-order valence-corrected chi connectivity index (χ0v) is 11.8. The third-order valence-electron chi connectivity index (χ3n) is 2.57. The second-order valence-electron chi connectivity index (χ2n) is 4.69. The Morgan fingerprint density at radius 1 is 1.53 bits per heavy atom. The standard InChI is InChI=1S/C13H21N3O3/c1-5-19-13(2,3)8-16-10-7-15-11(14)6-9(10)12(17)18-4/h6-7,16H,5,8H2,1-4H3,(H2,14,15). The summed E-state index contributed by atoms with van der Waals surface area (Å²) in [5, 5.41) is 3.14. The van der Waals surface area contributed by atoms with Crippen LogP contribution in [0, 0.1) is 0 Å². The Bertz CT molecular complexity index is 447. The third-order valence-corrected chi connectivity index (χ3v) is 2.57. The minimum Gasteiger partial charge on any atom is -0.465 e. The lowest BCUT2D eigenvalue weighted by atomic mass is 10.1. The van der Waals surface area contributed by atoms with Crippen LogP contribution >= 0.6 is 0 Å². The molecule has 0 unspecified atom stereocenters. The normalized spacial score (nSPS) is 11.2. The Labute approximate surface area is 113 Å². The Morgan fingerprint density at radius 3 is 2.79 bits per heavy atom. The van der Waals surface area contributed by atoms with Gasteiger partial charge in [-0.1, -0.05) is 0 Å². The first-order valence-electron chi connectivity index (χ1n) is 6.11. The number of ether oxygens (including phenoxy) is 2. The molecule has 1 aromatic heterocycles. The maximum atomic E-state index is 11.7. The fourth-order valence-corrected chi connectivity index (χ4v) is 1.64. The van der Waals surface area contributed by atoms with E-state index < -0.39 is 5.97 Å². The van der Waals surface area contributed by atoms with Crippen molar-refractivity contribution in [1.29, 1.82) is 0 Å². The summed E-state index contributed by atoms with van der Waals surface area (Å²) in [5.74, 6) is -0.180. The molecule has 19 heavy (non-hydrogen) atoms. The summed E-state index contributed by atoms with van der Waals surface area (Å²) in [6, 6.07) is 1.49. The molecule has 0 atom stereocenters. The number of aromatic nitrogens is 1. The summed E-state index contributed by atoms with van der Waals surface area (Å²) in [6.45, 7) is 7.03. The van der Waals surface area contributed by atoms with E-state index in [4.69, 9.17) is 15.2 Å². The van der Waals surface area contributed by atoms with Gasteiger partial charge in [0.2, 0.25) is 0 Å². The van der Waals surface area contributed by atoms with E-state index in [0.29, 0.717) is 24.4 Å². The molecule has 1 aromatic rings. The van der Waals surface area contributed by atoms with Crippen LogP contribution < -0.4 is 11.1 Å². The van der Waals surface area contributed by atoms with E-state index >= 15 is 0 Å². The van der Waals surface area contributed by atoms with Gasteiger partial charge in [-0.2, -0.15) is 0 Å². The van der Waals surface area contributed by atoms with Gasteiger partial charge in [0.25, 0.3) is 0 Å². The van der Waals surface area contributed by atoms with Crippen LogP contribution in [0.25, 0.3) is 0 Å². The van der Waals surface area contributed by atoms with Gasteiger partial charge in [-0.05, 0) is 26.8 Å². The number of nitrogens with one attached hydrogen (secondary N) is 1. The number of nitrogen functional groups attached to an aromatic ring is 1. The minimum absolute atomic E-state index is 0.273. The summed E-state index contributed by atoms with van der Waals surface area (Å²) in [7, 11) is 1.33. The number of carbonyl (C=O) groups excluding carboxylic acids is 1. The van der Waals surface area contributed by atoms with Gasteiger partial charge >= 0.3 is 5.97 Å². The van der Waals surface area contributed by atoms with Gasteiger partial charge in [-0.25, -0.2) is 9.78 Å². The zero-order chi connectivity index (χ0) is 14.5. The number of pyridine rings is 1. The van der Waals surface area contributed by atoms with Gasteiger partial charge < -0.3 is 20.5 Å². The van der Waals surface area contributed by atoms with Crippen molar-refractivity contribution in [2.75, 3.05) is 31.3 Å². The van der Waals surface area contributed by atoms with Crippen LogP contribution in [-0.2, 0) is 9.47 Å². The highest BCUT2D eigenvalue weighted by Gasteiger charge is 2.19. The van der Waals surface area contributed by atoms with E-state index in [0.717, 1.165) is 0 Å². The number of esters is 1. The molecule has 0 aliphatic heterocycles. The molecule has 6 heteroatoms. The molecule has 3 N–H and O–H groups in total. The largest absolute Gasteiger partial charge is 0.465 e. The van der Waals surface area contributed by atoms with Crippen LogP contribution in [0.1, 0.15) is 31.1 Å². The molecule has 0 radical (unpaired) electrons. The molecule has 1 heterocycles. The summed E-state index contributed by atoms with van der Waals surface area (Å²) in [6.07, 6.45) is 1.52. The maximum absolute atomic E-state index is 11.7. The van der Waals surface area contributed by atoms with Crippen molar-refractivity contribution in [2.45, 2.75) is 26.4 Å². The SMILES string of the molecule is CCOC(C)(C)CNc1cnc(N)cc1C(=O)OC. The quantitative estimate of drug-likeness (QED) is 0.763. The number of nitrogens with two attached hydrogens (primary N) is 1. The molecule has 0 bridgehead atoms. The fraction of sp³-hybridized carbons (Fsp3) is 0.538. The lowest BCUT2D eigenvalue weighted by Crippen LogP contribution is -2.33. The fourth-order valence-electron chi connectivity index (χ4n) is 1.64. The van der Waals surface area contributed by atoms with Gasteiger partial charge in [0.15, 0.2) is 0 Å². The van der Waals surface area contributed by atoms with Gasteiger partial charge in [0.05, 0.1) is 30.2 Å². The highest BCUT2D eigenvalue weighted by atomic mass is 16.5. The molecule has 0 fully saturated rings. The summed E-state index contributed by atoms with van der Waals surface area (Å²) >= 11 is 0. The van der Waals surface area contributed by atoms with Gasteiger partial charge in [0, 0.05) is 13.2 Å². The molecular formula is C13H21N3O3. The van der Waals surface area contributed by atoms with Crippen LogP contribution in [-0.4, -0.2) is 36.8 Å². The third kappa shape index (κ3) is 4.40. The van der Waals surface area contributed by atoms with E-state index in [1.165, 1.54) is 19.4 Å². The highest BCUT2D eigenvalue weighted by Crippen LogP contribution is 2.19. The molecule has 0 spiro atoms. The van der Waals surface area contributed by atoms with E-state index in [-0.39, 0.29) is 11.4 Å². The van der Waals surface area contributed by atoms with E-state index in [1.807, 2.05) is 20.8 Å². The van der Waals surface area contributed by atoms with Crippen LogP contribution in [0.5, 0.6) is 0 Å². The predicted octanol–water partition coefficient (Wildman–Crippen LogP) is 1.68. The molecule has 1 rings (SSSR count). The molecule has 0 aliphatic rings. The Hall–Kier alpha value is -1.82. The Kier molecular flexibility index (Phi) is 5.11. The molecular weight excluding hydrogens is 246 g/mol. The molecule has 0 aliphatic carbocycles. The Morgan fingerprint density at radius 2 is 2.21 bits per heavy atom. The topological polar surface area (TPSA) is 86.5 Å². The van der Waals surface area contributed by atoms with E-state index in [9.17, 15) is 4.79 Å².